The predicted octanol–water partition coefficient (Wildman–Crippen LogP) is 2.85. The van der Waals surface area contributed by atoms with Crippen LogP contribution in [0.2, 0.25) is 0 Å². The second kappa shape index (κ2) is 7.86. The van der Waals surface area contributed by atoms with E-state index in [1.54, 1.807) is 13.2 Å². The van der Waals surface area contributed by atoms with E-state index in [4.69, 9.17) is 4.74 Å². The number of benzene rings is 2. The van der Waals surface area contributed by atoms with Crippen molar-refractivity contribution in [1.29, 1.82) is 0 Å². The van der Waals surface area contributed by atoms with Gasteiger partial charge in [0.05, 0.1) is 18.5 Å². The molecular formula is C21H21N3O3. The summed E-state index contributed by atoms with van der Waals surface area (Å²) in [4.78, 5) is 23.8. The first kappa shape index (κ1) is 18.4. The van der Waals surface area contributed by atoms with Crippen LogP contribution in [0.25, 0.3) is 16.9 Å². The second-order valence-corrected chi connectivity index (χ2v) is 6.19. The zero-order chi connectivity index (χ0) is 19.4. The fraction of sp³-hybridized carbons (Fsp3) is 0.190. The molecule has 1 amide bonds. The Morgan fingerprint density at radius 3 is 2.52 bits per heavy atom. The van der Waals surface area contributed by atoms with Gasteiger partial charge in [-0.1, -0.05) is 18.2 Å². The highest BCUT2D eigenvalue weighted by atomic mass is 16.5. The Labute approximate surface area is 157 Å². The van der Waals surface area contributed by atoms with Crippen molar-refractivity contribution >= 4 is 5.91 Å². The highest BCUT2D eigenvalue weighted by Crippen LogP contribution is 2.22. The normalized spacial score (nSPS) is 10.5. The zero-order valence-corrected chi connectivity index (χ0v) is 15.5. The minimum Gasteiger partial charge on any atom is -0.497 e. The molecule has 0 atom stereocenters. The van der Waals surface area contributed by atoms with Crippen LogP contribution in [-0.4, -0.2) is 22.8 Å². The van der Waals surface area contributed by atoms with Gasteiger partial charge in [-0.15, -0.1) is 0 Å². The average Bonchev–Trinajstić information content (AvgIpc) is 2.67. The van der Waals surface area contributed by atoms with Gasteiger partial charge in [-0.2, -0.15) is 9.78 Å². The van der Waals surface area contributed by atoms with Crippen LogP contribution in [-0.2, 0) is 11.3 Å². The van der Waals surface area contributed by atoms with Gasteiger partial charge in [0.25, 0.3) is 5.56 Å². The molecule has 1 aromatic heterocycles. The molecule has 2 aromatic carbocycles. The number of hydrogen-bond acceptors (Lipinski definition) is 4. The highest BCUT2D eigenvalue weighted by Gasteiger charge is 2.12. The molecule has 6 heteroatoms. The number of hydrogen-bond donors (Lipinski definition) is 1. The van der Waals surface area contributed by atoms with E-state index in [-0.39, 0.29) is 11.5 Å². The predicted molar refractivity (Wildman–Crippen MR) is 104 cm³/mol. The third kappa shape index (κ3) is 4.06. The van der Waals surface area contributed by atoms with Gasteiger partial charge in [0.2, 0.25) is 5.91 Å². The number of carbonyl (C=O) groups is 1. The van der Waals surface area contributed by atoms with Gasteiger partial charge in [-0.3, -0.25) is 9.59 Å². The number of para-hydroxylation sites is 1. The molecule has 0 unspecified atom stereocenters. The molecule has 27 heavy (non-hydrogen) atoms. The third-order valence-corrected chi connectivity index (χ3v) is 4.25. The molecule has 0 aliphatic heterocycles. The van der Waals surface area contributed by atoms with E-state index in [1.165, 1.54) is 17.7 Å². The molecule has 0 saturated heterocycles. The molecule has 0 fully saturated rings. The van der Waals surface area contributed by atoms with Crippen LogP contribution in [0.3, 0.4) is 0 Å². The van der Waals surface area contributed by atoms with E-state index < -0.39 is 0 Å². The van der Waals surface area contributed by atoms with E-state index in [0.29, 0.717) is 17.9 Å². The Hall–Kier alpha value is -3.41. The summed E-state index contributed by atoms with van der Waals surface area (Å²) in [6, 6.07) is 16.4. The SMILES string of the molecule is COc1ccc(-c2ccc(=O)n(-c3c(C)cccc3CNC(C)=O)n2)cc1. The number of amides is 1. The fourth-order valence-electron chi connectivity index (χ4n) is 2.87. The van der Waals surface area contributed by atoms with E-state index in [0.717, 1.165) is 22.4 Å². The summed E-state index contributed by atoms with van der Waals surface area (Å²) < 4.78 is 6.58. The highest BCUT2D eigenvalue weighted by molar-refractivity contribution is 5.73. The van der Waals surface area contributed by atoms with Crippen molar-refractivity contribution in [2.24, 2.45) is 0 Å². The first-order valence-electron chi connectivity index (χ1n) is 8.57. The molecule has 0 saturated carbocycles. The maximum atomic E-state index is 12.5. The third-order valence-electron chi connectivity index (χ3n) is 4.25. The van der Waals surface area contributed by atoms with Crippen LogP contribution in [0.5, 0.6) is 5.75 Å². The Morgan fingerprint density at radius 2 is 1.85 bits per heavy atom. The number of nitrogens with zero attached hydrogens (tertiary/aromatic N) is 2. The molecule has 3 rings (SSSR count). The van der Waals surface area contributed by atoms with E-state index >= 15 is 0 Å². The topological polar surface area (TPSA) is 73.2 Å². The second-order valence-electron chi connectivity index (χ2n) is 6.19. The molecule has 138 valence electrons. The van der Waals surface area contributed by atoms with Gasteiger partial charge < -0.3 is 10.1 Å². The summed E-state index contributed by atoms with van der Waals surface area (Å²) in [6.07, 6.45) is 0. The number of aryl methyl sites for hydroxylation is 1. The summed E-state index contributed by atoms with van der Waals surface area (Å²) in [5, 5.41) is 7.35. The molecule has 0 aliphatic carbocycles. The van der Waals surface area contributed by atoms with E-state index in [1.807, 2.05) is 49.4 Å². The Morgan fingerprint density at radius 1 is 1.11 bits per heavy atom. The molecule has 1 N–H and O–H groups in total. The van der Waals surface area contributed by atoms with Crippen molar-refractivity contribution in [2.45, 2.75) is 20.4 Å². The summed E-state index contributed by atoms with van der Waals surface area (Å²) in [7, 11) is 1.61. The molecule has 0 radical (unpaired) electrons. The molecule has 1 heterocycles. The lowest BCUT2D eigenvalue weighted by Gasteiger charge is -2.15. The first-order valence-corrected chi connectivity index (χ1v) is 8.57. The number of carbonyl (C=O) groups excluding carboxylic acids is 1. The van der Waals surface area contributed by atoms with Crippen LogP contribution in [0.4, 0.5) is 0 Å². The number of methoxy groups -OCH3 is 1. The minimum atomic E-state index is -0.231. The van der Waals surface area contributed by atoms with Gasteiger partial charge in [-0.25, -0.2) is 0 Å². The molecule has 6 nitrogen and oxygen atoms in total. The van der Waals surface area contributed by atoms with Gasteiger partial charge in [0.1, 0.15) is 5.75 Å². The van der Waals surface area contributed by atoms with E-state index in [2.05, 4.69) is 10.4 Å². The smallest absolute Gasteiger partial charge is 0.271 e. The van der Waals surface area contributed by atoms with Crippen LogP contribution >= 0.6 is 0 Å². The average molecular weight is 363 g/mol. The van der Waals surface area contributed by atoms with E-state index in [9.17, 15) is 9.59 Å². The summed E-state index contributed by atoms with van der Waals surface area (Å²) in [5.41, 5.74) is 3.73. The maximum Gasteiger partial charge on any atom is 0.271 e. The lowest BCUT2D eigenvalue weighted by Crippen LogP contribution is -2.25. The summed E-state index contributed by atoms with van der Waals surface area (Å²) in [6.45, 7) is 3.71. The van der Waals surface area contributed by atoms with Crippen LogP contribution in [0.1, 0.15) is 18.1 Å². The lowest BCUT2D eigenvalue weighted by molar-refractivity contribution is -0.119. The first-order chi connectivity index (χ1) is 13.0. The maximum absolute atomic E-state index is 12.5. The van der Waals surface area contributed by atoms with Crippen LogP contribution in [0.15, 0.2) is 59.4 Å². The van der Waals surface area contributed by atoms with Crippen molar-refractivity contribution in [3.63, 3.8) is 0 Å². The Kier molecular flexibility index (Phi) is 5.35. The Balaban J connectivity index is 2.09. The number of ether oxygens (including phenoxy) is 1. The summed E-state index contributed by atoms with van der Waals surface area (Å²) >= 11 is 0. The van der Waals surface area contributed by atoms with Crippen LogP contribution < -0.4 is 15.6 Å². The summed E-state index contributed by atoms with van der Waals surface area (Å²) in [5.74, 6) is 0.623. The number of aromatic nitrogens is 2. The molecule has 0 bridgehead atoms. The largest absolute Gasteiger partial charge is 0.497 e. The van der Waals surface area contributed by atoms with Gasteiger partial charge in [0, 0.05) is 25.1 Å². The van der Waals surface area contributed by atoms with Gasteiger partial charge in [0.15, 0.2) is 0 Å². The van der Waals surface area contributed by atoms with Crippen LogP contribution in [0, 0.1) is 6.92 Å². The van der Waals surface area contributed by atoms with Crippen molar-refractivity contribution < 1.29 is 9.53 Å². The molecule has 0 spiro atoms. The minimum absolute atomic E-state index is 0.130. The quantitative estimate of drug-likeness (QED) is 0.756. The number of nitrogens with one attached hydrogen (secondary N) is 1. The number of rotatable bonds is 5. The van der Waals surface area contributed by atoms with Crippen molar-refractivity contribution in [1.82, 2.24) is 15.1 Å². The van der Waals surface area contributed by atoms with Crippen molar-refractivity contribution in [2.75, 3.05) is 7.11 Å². The fourth-order valence-corrected chi connectivity index (χ4v) is 2.87. The van der Waals surface area contributed by atoms with Gasteiger partial charge >= 0.3 is 0 Å². The van der Waals surface area contributed by atoms with Gasteiger partial charge in [-0.05, 0) is 48.4 Å². The molecular weight excluding hydrogens is 342 g/mol. The van der Waals surface area contributed by atoms with Crippen molar-refractivity contribution in [3.05, 3.63) is 76.1 Å². The standard InChI is InChI=1S/C21H21N3O3/c1-14-5-4-6-17(13-22-15(2)25)21(14)24-20(26)12-11-19(23-24)16-7-9-18(27-3)10-8-16/h4-12H,13H2,1-3H3,(H,22,25). The Bertz CT molecular complexity index is 1020. The molecule has 3 aromatic rings. The van der Waals surface area contributed by atoms with Crippen molar-refractivity contribution in [3.8, 4) is 22.7 Å². The lowest BCUT2D eigenvalue weighted by atomic mass is 10.1. The monoisotopic (exact) mass is 363 g/mol. The molecule has 0 aliphatic rings. The zero-order valence-electron chi connectivity index (χ0n) is 15.5.